The lowest BCUT2D eigenvalue weighted by atomic mass is 9.88. The van der Waals surface area contributed by atoms with Gasteiger partial charge >= 0.3 is 6.03 Å². The minimum Gasteiger partial charge on any atom is -0.338 e. The van der Waals surface area contributed by atoms with Gasteiger partial charge in [-0.3, -0.25) is 0 Å². The number of nitrogens with zero attached hydrogens (tertiary/aromatic N) is 1. The fraction of sp³-hybridized carbons (Fsp3) is 0.562. The molecule has 1 aromatic carbocycles. The summed E-state index contributed by atoms with van der Waals surface area (Å²) in [6, 6.07) is 8.06. The zero-order valence-electron chi connectivity index (χ0n) is 13.7. The summed E-state index contributed by atoms with van der Waals surface area (Å²) in [5.74, 6) is 0. The summed E-state index contributed by atoms with van der Waals surface area (Å²) in [5, 5.41) is 5.81. The molecule has 0 saturated carbocycles. The average Bonchev–Trinajstić information content (AvgIpc) is 2.51. The summed E-state index contributed by atoms with van der Waals surface area (Å²) in [6.45, 7) is 0.839. The fourth-order valence-corrected chi connectivity index (χ4v) is 3.24. The third kappa shape index (κ3) is 5.21. The number of aryl methyl sites for hydroxylation is 1. The average molecular weight is 339 g/mol. The summed E-state index contributed by atoms with van der Waals surface area (Å²) in [6.07, 6.45) is 4.84. The van der Waals surface area contributed by atoms with Gasteiger partial charge in [-0.15, -0.1) is 0 Å². The van der Waals surface area contributed by atoms with Crippen LogP contribution in [0, 0.1) is 0 Å². The molecule has 0 aromatic heterocycles. The van der Waals surface area contributed by atoms with Crippen molar-refractivity contribution in [3.8, 4) is 0 Å². The molecule has 128 valence electrons. The Morgan fingerprint density at radius 2 is 2.09 bits per heavy atom. The van der Waals surface area contributed by atoms with Gasteiger partial charge in [0.25, 0.3) is 0 Å². The number of nitrogens with one attached hydrogen (secondary N) is 2. The summed E-state index contributed by atoms with van der Waals surface area (Å²) in [5.41, 5.74) is 2.50. The summed E-state index contributed by atoms with van der Waals surface area (Å²) in [7, 11) is -1.62. The molecule has 0 heterocycles. The molecule has 1 aromatic rings. The molecule has 0 saturated heterocycles. The van der Waals surface area contributed by atoms with Crippen molar-refractivity contribution in [3.63, 3.8) is 0 Å². The Hall–Kier alpha value is -1.60. The number of amides is 2. The van der Waals surface area contributed by atoms with Gasteiger partial charge in [-0.25, -0.2) is 17.5 Å². The van der Waals surface area contributed by atoms with Gasteiger partial charge in [0.2, 0.25) is 10.0 Å². The molecule has 1 aliphatic carbocycles. The first-order valence-corrected chi connectivity index (χ1v) is 9.76. The van der Waals surface area contributed by atoms with Crippen LogP contribution in [0.4, 0.5) is 4.79 Å². The highest BCUT2D eigenvalue weighted by Crippen LogP contribution is 2.29. The van der Waals surface area contributed by atoms with Gasteiger partial charge in [0.1, 0.15) is 0 Å². The third-order valence-electron chi connectivity index (χ3n) is 4.18. The number of carbonyl (C=O) groups is 1. The molecule has 0 fully saturated rings. The molecular weight excluding hydrogens is 314 g/mol. The number of hydrogen-bond donors (Lipinski definition) is 2. The molecule has 0 spiro atoms. The van der Waals surface area contributed by atoms with Gasteiger partial charge < -0.3 is 10.6 Å². The van der Waals surface area contributed by atoms with E-state index < -0.39 is 10.0 Å². The molecular formula is C16H25N3O3S. The number of rotatable bonds is 6. The van der Waals surface area contributed by atoms with E-state index in [1.165, 1.54) is 28.7 Å². The Bertz CT molecular complexity index is 646. The second kappa shape index (κ2) is 7.79. The Kier molecular flexibility index (Phi) is 6.01. The van der Waals surface area contributed by atoms with Crippen molar-refractivity contribution in [2.45, 2.75) is 31.7 Å². The Balaban J connectivity index is 1.76. The fourth-order valence-electron chi connectivity index (χ4n) is 2.78. The maximum Gasteiger partial charge on any atom is 0.315 e. The first-order valence-electron chi connectivity index (χ1n) is 7.91. The van der Waals surface area contributed by atoms with E-state index >= 15 is 0 Å². The number of fused-ring (bicyclic) bond motifs is 1. The van der Waals surface area contributed by atoms with Crippen molar-refractivity contribution >= 4 is 16.1 Å². The van der Waals surface area contributed by atoms with Crippen LogP contribution in [0.15, 0.2) is 24.3 Å². The Morgan fingerprint density at radius 1 is 1.35 bits per heavy atom. The van der Waals surface area contributed by atoms with E-state index in [4.69, 9.17) is 0 Å². The number of sulfonamides is 1. The van der Waals surface area contributed by atoms with Crippen molar-refractivity contribution in [3.05, 3.63) is 35.4 Å². The smallest absolute Gasteiger partial charge is 0.315 e. The van der Waals surface area contributed by atoms with Crippen molar-refractivity contribution in [1.82, 2.24) is 14.9 Å². The topological polar surface area (TPSA) is 78.5 Å². The standard InChI is InChI=1S/C16H25N3O3S/c1-19(23(2,21)22)12-6-11-17-16(20)18-15-10-5-8-13-7-3-4-9-14(13)15/h3-4,7,9,15H,5-6,8,10-12H2,1-2H3,(H2,17,18,20)/t15-/m1/s1. The number of urea groups is 1. The van der Waals surface area contributed by atoms with Gasteiger partial charge in [0.05, 0.1) is 12.3 Å². The van der Waals surface area contributed by atoms with Gasteiger partial charge in [-0.05, 0) is 36.8 Å². The van der Waals surface area contributed by atoms with Crippen LogP contribution >= 0.6 is 0 Å². The molecule has 0 unspecified atom stereocenters. The lowest BCUT2D eigenvalue weighted by Crippen LogP contribution is -2.40. The van der Waals surface area contributed by atoms with E-state index in [1.54, 1.807) is 0 Å². The normalized spacial score (nSPS) is 17.6. The molecule has 6 nitrogen and oxygen atoms in total. The van der Waals surface area contributed by atoms with Crippen molar-refractivity contribution < 1.29 is 13.2 Å². The zero-order chi connectivity index (χ0) is 16.9. The van der Waals surface area contributed by atoms with E-state index in [9.17, 15) is 13.2 Å². The Morgan fingerprint density at radius 3 is 2.83 bits per heavy atom. The first-order chi connectivity index (χ1) is 10.9. The first kappa shape index (κ1) is 17.7. The van der Waals surface area contributed by atoms with Crippen LogP contribution in [-0.2, 0) is 16.4 Å². The highest BCUT2D eigenvalue weighted by molar-refractivity contribution is 7.88. The SMILES string of the molecule is CN(CCCNC(=O)N[C@@H]1CCCc2ccccc21)S(C)(=O)=O. The van der Waals surface area contributed by atoms with Crippen LogP contribution in [0.1, 0.15) is 36.4 Å². The molecule has 1 atom stereocenters. The van der Waals surface area contributed by atoms with Gasteiger partial charge in [0, 0.05) is 20.1 Å². The third-order valence-corrected chi connectivity index (χ3v) is 5.49. The molecule has 0 radical (unpaired) electrons. The lowest BCUT2D eigenvalue weighted by molar-refractivity contribution is 0.235. The van der Waals surface area contributed by atoms with Gasteiger partial charge in [0.15, 0.2) is 0 Å². The quantitative estimate of drug-likeness (QED) is 0.774. The molecule has 2 N–H and O–H groups in total. The number of carbonyl (C=O) groups excluding carboxylic acids is 1. The second-order valence-corrected chi connectivity index (χ2v) is 8.07. The minimum atomic E-state index is -3.15. The molecule has 23 heavy (non-hydrogen) atoms. The van der Waals surface area contributed by atoms with Gasteiger partial charge in [-0.1, -0.05) is 24.3 Å². The van der Waals surface area contributed by atoms with E-state index in [0.717, 1.165) is 19.3 Å². The summed E-state index contributed by atoms with van der Waals surface area (Å²) in [4.78, 5) is 12.0. The van der Waals surface area contributed by atoms with Crippen LogP contribution in [0.25, 0.3) is 0 Å². The molecule has 0 aliphatic heterocycles. The highest BCUT2D eigenvalue weighted by Gasteiger charge is 2.21. The van der Waals surface area contributed by atoms with E-state index in [0.29, 0.717) is 19.5 Å². The zero-order valence-corrected chi connectivity index (χ0v) is 14.5. The number of benzene rings is 1. The summed E-state index contributed by atoms with van der Waals surface area (Å²) < 4.78 is 23.8. The number of hydrogen-bond acceptors (Lipinski definition) is 3. The highest BCUT2D eigenvalue weighted by atomic mass is 32.2. The van der Waals surface area contributed by atoms with Crippen molar-refractivity contribution in [2.24, 2.45) is 0 Å². The molecule has 7 heteroatoms. The minimum absolute atomic E-state index is 0.0543. The van der Waals surface area contributed by atoms with Crippen molar-refractivity contribution in [2.75, 3.05) is 26.4 Å². The van der Waals surface area contributed by atoms with E-state index in [-0.39, 0.29) is 12.1 Å². The van der Waals surface area contributed by atoms with Crippen LogP contribution in [0.2, 0.25) is 0 Å². The molecule has 2 amide bonds. The predicted molar refractivity (Wildman–Crippen MR) is 90.7 cm³/mol. The molecule has 0 bridgehead atoms. The lowest BCUT2D eigenvalue weighted by Gasteiger charge is -2.26. The van der Waals surface area contributed by atoms with E-state index in [1.807, 2.05) is 12.1 Å². The second-order valence-electron chi connectivity index (χ2n) is 5.98. The van der Waals surface area contributed by atoms with Crippen LogP contribution in [0.5, 0.6) is 0 Å². The van der Waals surface area contributed by atoms with Gasteiger partial charge in [-0.2, -0.15) is 0 Å². The summed E-state index contributed by atoms with van der Waals surface area (Å²) >= 11 is 0. The monoisotopic (exact) mass is 339 g/mol. The maximum atomic E-state index is 12.0. The largest absolute Gasteiger partial charge is 0.338 e. The van der Waals surface area contributed by atoms with Crippen LogP contribution in [0.3, 0.4) is 0 Å². The predicted octanol–water partition coefficient (Wildman–Crippen LogP) is 1.64. The van der Waals surface area contributed by atoms with E-state index in [2.05, 4.69) is 22.8 Å². The molecule has 1 aliphatic rings. The van der Waals surface area contributed by atoms with Crippen molar-refractivity contribution in [1.29, 1.82) is 0 Å². The van der Waals surface area contributed by atoms with Crippen LogP contribution in [-0.4, -0.2) is 45.1 Å². The molecule has 2 rings (SSSR count). The maximum absolute atomic E-state index is 12.0. The Labute approximate surface area is 138 Å². The van der Waals surface area contributed by atoms with Crippen LogP contribution < -0.4 is 10.6 Å².